The van der Waals surface area contributed by atoms with Crippen LogP contribution in [0.5, 0.6) is 0 Å². The van der Waals surface area contributed by atoms with Gasteiger partial charge in [0.1, 0.15) is 16.5 Å². The zero-order chi connectivity index (χ0) is 14.7. The second-order valence-electron chi connectivity index (χ2n) is 5.71. The average molecular weight is 322 g/mol. The first-order valence-electron chi connectivity index (χ1n) is 7.89. The van der Waals surface area contributed by atoms with Gasteiger partial charge in [0.05, 0.1) is 11.1 Å². The van der Waals surface area contributed by atoms with Crippen LogP contribution in [0.25, 0.3) is 10.2 Å². The number of hydrogen-bond acceptors (Lipinski definition) is 5. The van der Waals surface area contributed by atoms with E-state index in [1.165, 1.54) is 35.9 Å². The molecule has 0 atom stereocenters. The molecular formula is C16H23N3S2. The maximum absolute atomic E-state index is 4.78. The summed E-state index contributed by atoms with van der Waals surface area (Å²) in [4.78, 5) is 12.0. The van der Waals surface area contributed by atoms with E-state index < -0.39 is 0 Å². The lowest BCUT2D eigenvalue weighted by atomic mass is 10.3. The molecule has 0 bridgehead atoms. The molecule has 1 saturated carbocycles. The first-order valence-corrected chi connectivity index (χ1v) is 9.75. The van der Waals surface area contributed by atoms with Crippen LogP contribution in [0.2, 0.25) is 0 Å². The van der Waals surface area contributed by atoms with Crippen LogP contribution in [-0.4, -0.2) is 21.8 Å². The zero-order valence-corrected chi connectivity index (χ0v) is 14.4. The molecule has 0 radical (unpaired) electrons. The first kappa shape index (κ1) is 15.1. The van der Waals surface area contributed by atoms with Crippen LogP contribution in [0.15, 0.2) is 6.07 Å². The summed E-state index contributed by atoms with van der Waals surface area (Å²) in [6.07, 6.45) is 6.63. The monoisotopic (exact) mass is 321 g/mol. The van der Waals surface area contributed by atoms with Crippen molar-refractivity contribution in [2.24, 2.45) is 0 Å². The van der Waals surface area contributed by atoms with Gasteiger partial charge in [-0.25, -0.2) is 9.97 Å². The summed E-state index contributed by atoms with van der Waals surface area (Å²) in [5, 5.41) is 5.47. The second kappa shape index (κ2) is 6.97. The van der Waals surface area contributed by atoms with E-state index in [1.807, 2.05) is 11.8 Å². The highest BCUT2D eigenvalue weighted by molar-refractivity contribution is 7.99. The van der Waals surface area contributed by atoms with E-state index >= 15 is 0 Å². The maximum atomic E-state index is 4.78. The van der Waals surface area contributed by atoms with Crippen molar-refractivity contribution in [3.8, 4) is 0 Å². The number of nitrogens with zero attached hydrogens (tertiary/aromatic N) is 2. The summed E-state index contributed by atoms with van der Waals surface area (Å²) in [6, 6.07) is 2.20. The van der Waals surface area contributed by atoms with Gasteiger partial charge in [-0.3, -0.25) is 0 Å². The third-order valence-electron chi connectivity index (χ3n) is 3.86. The Kier molecular flexibility index (Phi) is 5.01. The van der Waals surface area contributed by atoms with Gasteiger partial charge in [-0.1, -0.05) is 19.8 Å². The number of hydrogen-bond donors (Lipinski definition) is 1. The average Bonchev–Trinajstić information content (AvgIpc) is 3.10. The molecule has 0 unspecified atom stereocenters. The molecule has 2 aromatic rings. The number of thiophene rings is 1. The molecule has 114 valence electrons. The van der Waals surface area contributed by atoms with Gasteiger partial charge in [-0.05, 0) is 32.3 Å². The van der Waals surface area contributed by atoms with E-state index in [0.29, 0.717) is 0 Å². The summed E-state index contributed by atoms with van der Waals surface area (Å²) < 4.78 is 0. The maximum Gasteiger partial charge on any atom is 0.142 e. The first-order chi connectivity index (χ1) is 10.3. The zero-order valence-electron chi connectivity index (χ0n) is 12.8. The van der Waals surface area contributed by atoms with Crippen molar-refractivity contribution in [2.75, 3.05) is 11.9 Å². The van der Waals surface area contributed by atoms with E-state index in [-0.39, 0.29) is 0 Å². The Labute approximate surface area is 135 Å². The molecule has 21 heavy (non-hydrogen) atoms. The van der Waals surface area contributed by atoms with Crippen LogP contribution in [0.1, 0.15) is 49.7 Å². The Bertz CT molecular complexity index is 603. The highest BCUT2D eigenvalue weighted by Crippen LogP contribution is 2.33. The van der Waals surface area contributed by atoms with Gasteiger partial charge in [0.25, 0.3) is 0 Å². The summed E-state index contributed by atoms with van der Waals surface area (Å²) in [5.41, 5.74) is 0. The fraction of sp³-hybridized carbons (Fsp3) is 0.625. The molecule has 5 heteroatoms. The summed E-state index contributed by atoms with van der Waals surface area (Å²) in [5.74, 6) is 2.95. The van der Waals surface area contributed by atoms with Gasteiger partial charge in [-0.15, -0.1) is 11.3 Å². The molecule has 1 N–H and O–H groups in total. The number of aromatic nitrogens is 2. The third kappa shape index (κ3) is 3.69. The Morgan fingerprint density at radius 3 is 2.90 bits per heavy atom. The fourth-order valence-electron chi connectivity index (χ4n) is 2.78. The second-order valence-corrected chi connectivity index (χ2v) is 8.23. The Hall–Kier alpha value is -0.810. The third-order valence-corrected chi connectivity index (χ3v) is 6.17. The largest absolute Gasteiger partial charge is 0.369 e. The lowest BCUT2D eigenvalue weighted by Gasteiger charge is -2.10. The van der Waals surface area contributed by atoms with E-state index in [0.717, 1.165) is 40.4 Å². The van der Waals surface area contributed by atoms with Crippen LogP contribution in [-0.2, 0) is 5.75 Å². The predicted molar refractivity (Wildman–Crippen MR) is 94.5 cm³/mol. The van der Waals surface area contributed by atoms with Gasteiger partial charge in [0.2, 0.25) is 0 Å². The molecule has 2 aromatic heterocycles. The number of nitrogens with one attached hydrogen (secondary N) is 1. The number of aryl methyl sites for hydroxylation is 1. The van der Waals surface area contributed by atoms with Crippen LogP contribution in [0, 0.1) is 6.92 Å². The van der Waals surface area contributed by atoms with Crippen molar-refractivity contribution >= 4 is 39.1 Å². The predicted octanol–water partition coefficient (Wildman–Crippen LogP) is 5.00. The molecule has 0 spiro atoms. The topological polar surface area (TPSA) is 37.8 Å². The van der Waals surface area contributed by atoms with Crippen LogP contribution in [0.3, 0.4) is 0 Å². The van der Waals surface area contributed by atoms with Crippen molar-refractivity contribution < 1.29 is 0 Å². The quantitative estimate of drug-likeness (QED) is 0.812. The van der Waals surface area contributed by atoms with Gasteiger partial charge in [0.15, 0.2) is 0 Å². The molecule has 0 aromatic carbocycles. The normalized spacial score (nSPS) is 15.9. The summed E-state index contributed by atoms with van der Waals surface area (Å²) in [6.45, 7) is 5.29. The lowest BCUT2D eigenvalue weighted by molar-refractivity contribution is 0.886. The number of fused-ring (bicyclic) bond motifs is 1. The van der Waals surface area contributed by atoms with Gasteiger partial charge >= 0.3 is 0 Å². The molecule has 2 heterocycles. The SMILES string of the molecule is CCCNc1nc(CSC2CCCC2)nc2sc(C)cc12. The van der Waals surface area contributed by atoms with Crippen molar-refractivity contribution in [1.82, 2.24) is 9.97 Å². The number of thioether (sulfide) groups is 1. The summed E-state index contributed by atoms with van der Waals surface area (Å²) >= 11 is 3.81. The van der Waals surface area contributed by atoms with Gasteiger partial charge in [-0.2, -0.15) is 11.8 Å². The Balaban J connectivity index is 1.80. The molecule has 0 amide bonds. The molecule has 3 nitrogen and oxygen atoms in total. The van der Waals surface area contributed by atoms with Crippen molar-refractivity contribution in [3.05, 3.63) is 16.8 Å². The minimum Gasteiger partial charge on any atom is -0.369 e. The van der Waals surface area contributed by atoms with Crippen molar-refractivity contribution in [3.63, 3.8) is 0 Å². The highest BCUT2D eigenvalue weighted by atomic mass is 32.2. The van der Waals surface area contributed by atoms with E-state index in [9.17, 15) is 0 Å². The van der Waals surface area contributed by atoms with Gasteiger partial charge in [0, 0.05) is 16.7 Å². The van der Waals surface area contributed by atoms with Crippen molar-refractivity contribution in [1.29, 1.82) is 0 Å². The van der Waals surface area contributed by atoms with E-state index in [1.54, 1.807) is 11.3 Å². The van der Waals surface area contributed by atoms with Crippen LogP contribution < -0.4 is 5.32 Å². The van der Waals surface area contributed by atoms with Crippen LogP contribution in [0.4, 0.5) is 5.82 Å². The molecule has 0 aliphatic heterocycles. The lowest BCUT2D eigenvalue weighted by Crippen LogP contribution is -2.06. The number of anilines is 1. The molecule has 1 fully saturated rings. The van der Waals surface area contributed by atoms with Gasteiger partial charge < -0.3 is 5.32 Å². The highest BCUT2D eigenvalue weighted by Gasteiger charge is 2.17. The van der Waals surface area contributed by atoms with E-state index in [2.05, 4.69) is 25.2 Å². The molecule has 0 saturated heterocycles. The molecule has 1 aliphatic rings. The molecule has 1 aliphatic carbocycles. The molecule has 3 rings (SSSR count). The smallest absolute Gasteiger partial charge is 0.142 e. The minimum absolute atomic E-state index is 0.821. The van der Waals surface area contributed by atoms with Crippen molar-refractivity contribution in [2.45, 2.75) is 57.0 Å². The Morgan fingerprint density at radius 2 is 2.14 bits per heavy atom. The standard InChI is InChI=1S/C16H23N3S2/c1-3-8-17-15-13-9-11(2)21-16(13)19-14(18-15)10-20-12-6-4-5-7-12/h9,12H,3-8,10H2,1-2H3,(H,17,18,19). The van der Waals surface area contributed by atoms with E-state index in [4.69, 9.17) is 9.97 Å². The summed E-state index contributed by atoms with van der Waals surface area (Å²) in [7, 11) is 0. The van der Waals surface area contributed by atoms with Crippen LogP contribution >= 0.6 is 23.1 Å². The fourth-order valence-corrected chi connectivity index (χ4v) is 4.86. The number of rotatable bonds is 6. The minimum atomic E-state index is 0.821. The Morgan fingerprint density at radius 1 is 1.33 bits per heavy atom. The molecular weight excluding hydrogens is 298 g/mol.